The molecule has 4 aromatic rings. The van der Waals surface area contributed by atoms with Crippen LogP contribution >= 0.6 is 0 Å². The summed E-state index contributed by atoms with van der Waals surface area (Å²) >= 11 is 0. The summed E-state index contributed by atoms with van der Waals surface area (Å²) in [6.45, 7) is 6.80. The number of likely N-dealkylation sites (tertiary alicyclic amines) is 2. The van der Waals surface area contributed by atoms with Crippen LogP contribution in [0.15, 0.2) is 115 Å². The highest BCUT2D eigenvalue weighted by Gasteiger charge is 2.25. The van der Waals surface area contributed by atoms with Crippen molar-refractivity contribution in [1.29, 1.82) is 0 Å². The third-order valence-electron chi connectivity index (χ3n) is 8.95. The zero-order chi connectivity index (χ0) is 29.3. The van der Waals surface area contributed by atoms with Crippen LogP contribution in [0.1, 0.15) is 52.2 Å². The van der Waals surface area contributed by atoms with Crippen molar-refractivity contribution in [2.75, 3.05) is 39.3 Å². The van der Waals surface area contributed by atoms with Gasteiger partial charge in [0, 0.05) is 50.7 Å². The average molecular weight is 574 g/mol. The van der Waals surface area contributed by atoms with E-state index >= 15 is 0 Å². The van der Waals surface area contributed by atoms with E-state index in [4.69, 9.17) is 4.74 Å². The van der Waals surface area contributed by atoms with Crippen LogP contribution in [0.4, 0.5) is 0 Å². The number of nitrogens with one attached hydrogen (secondary N) is 1. The molecule has 2 aliphatic rings. The van der Waals surface area contributed by atoms with Gasteiger partial charge in [-0.1, -0.05) is 97.1 Å². The summed E-state index contributed by atoms with van der Waals surface area (Å²) in [7, 11) is 0. The van der Waals surface area contributed by atoms with Gasteiger partial charge < -0.3 is 15.0 Å². The molecule has 0 aliphatic carbocycles. The summed E-state index contributed by atoms with van der Waals surface area (Å²) in [5.74, 6) is 1.61. The molecule has 5 nitrogen and oxygen atoms in total. The SMILES string of the molecule is O=C(NCC1CCN(Cc2ccccc2)C1)c1cccc(OC2CCN(CC(c3ccccc3)c3ccccc3)CC2)c1. The van der Waals surface area contributed by atoms with E-state index in [1.54, 1.807) is 0 Å². The molecule has 6 rings (SSSR count). The van der Waals surface area contributed by atoms with Crippen molar-refractivity contribution in [3.05, 3.63) is 138 Å². The van der Waals surface area contributed by atoms with E-state index in [-0.39, 0.29) is 12.0 Å². The van der Waals surface area contributed by atoms with E-state index in [0.29, 0.717) is 23.9 Å². The Morgan fingerprint density at radius 2 is 1.37 bits per heavy atom. The van der Waals surface area contributed by atoms with E-state index in [9.17, 15) is 4.79 Å². The largest absolute Gasteiger partial charge is 0.490 e. The maximum Gasteiger partial charge on any atom is 0.251 e. The lowest BCUT2D eigenvalue weighted by Gasteiger charge is -2.34. The fourth-order valence-corrected chi connectivity index (χ4v) is 6.55. The Bertz CT molecular complexity index is 1380. The van der Waals surface area contributed by atoms with Crippen molar-refractivity contribution < 1.29 is 9.53 Å². The van der Waals surface area contributed by atoms with Crippen molar-refractivity contribution in [2.45, 2.75) is 37.8 Å². The molecule has 222 valence electrons. The van der Waals surface area contributed by atoms with Crippen LogP contribution in [0.25, 0.3) is 0 Å². The number of hydrogen-bond donors (Lipinski definition) is 1. The quantitative estimate of drug-likeness (QED) is 0.219. The van der Waals surface area contributed by atoms with E-state index in [1.165, 1.54) is 16.7 Å². The van der Waals surface area contributed by atoms with Crippen LogP contribution in [0, 0.1) is 5.92 Å². The third-order valence-corrected chi connectivity index (χ3v) is 8.95. The van der Waals surface area contributed by atoms with Crippen LogP contribution in [-0.4, -0.2) is 61.1 Å². The van der Waals surface area contributed by atoms with E-state index in [0.717, 1.165) is 64.3 Å². The molecule has 0 radical (unpaired) electrons. The number of hydrogen-bond acceptors (Lipinski definition) is 4. The van der Waals surface area contributed by atoms with Gasteiger partial charge in [-0.3, -0.25) is 9.69 Å². The first-order chi connectivity index (χ1) is 21.2. The van der Waals surface area contributed by atoms with Gasteiger partial charge in [0.05, 0.1) is 0 Å². The average Bonchev–Trinajstić information content (AvgIpc) is 3.51. The summed E-state index contributed by atoms with van der Waals surface area (Å²) in [5, 5.41) is 3.18. The Hall–Kier alpha value is -3.93. The van der Waals surface area contributed by atoms with Gasteiger partial charge in [-0.15, -0.1) is 0 Å². The van der Waals surface area contributed by atoms with Crippen molar-refractivity contribution in [3.8, 4) is 5.75 Å². The summed E-state index contributed by atoms with van der Waals surface area (Å²) in [5.41, 5.74) is 4.74. The molecular weight excluding hydrogens is 530 g/mol. The number of carbonyl (C=O) groups is 1. The minimum Gasteiger partial charge on any atom is -0.490 e. The summed E-state index contributed by atoms with van der Waals surface area (Å²) in [6.07, 6.45) is 3.24. The van der Waals surface area contributed by atoms with Crippen LogP contribution in [0.3, 0.4) is 0 Å². The van der Waals surface area contributed by atoms with E-state index in [2.05, 4.69) is 106 Å². The van der Waals surface area contributed by atoms with Gasteiger partial charge in [-0.05, 0) is 66.6 Å². The van der Waals surface area contributed by atoms with Gasteiger partial charge in [0.2, 0.25) is 0 Å². The molecule has 4 aromatic carbocycles. The Morgan fingerprint density at radius 3 is 2.05 bits per heavy atom. The van der Waals surface area contributed by atoms with Crippen LogP contribution in [0.5, 0.6) is 5.75 Å². The van der Waals surface area contributed by atoms with Crippen LogP contribution in [-0.2, 0) is 6.54 Å². The molecule has 1 amide bonds. The van der Waals surface area contributed by atoms with Crippen LogP contribution in [0.2, 0.25) is 0 Å². The van der Waals surface area contributed by atoms with E-state index < -0.39 is 0 Å². The predicted molar refractivity (Wildman–Crippen MR) is 173 cm³/mol. The maximum atomic E-state index is 13.0. The molecule has 0 saturated carbocycles. The number of amides is 1. The minimum absolute atomic E-state index is 0.0188. The first kappa shape index (κ1) is 29.2. The molecule has 1 unspecified atom stereocenters. The summed E-state index contributed by atoms with van der Waals surface area (Å²) in [6, 6.07) is 40.0. The molecule has 2 fully saturated rings. The summed E-state index contributed by atoms with van der Waals surface area (Å²) in [4.78, 5) is 18.1. The standard InChI is InChI=1S/C38H43N3O2/c42-38(39-26-31-19-22-41(28-31)27-30-11-4-1-5-12-30)34-17-10-18-36(25-34)43-35-20-23-40(24-21-35)29-37(32-13-6-2-7-14-32)33-15-8-3-9-16-33/h1-18,25,31,35,37H,19-24,26-29H2,(H,39,42). The molecule has 0 aromatic heterocycles. The minimum atomic E-state index is -0.0188. The molecule has 2 saturated heterocycles. The van der Waals surface area contributed by atoms with Gasteiger partial charge in [0.1, 0.15) is 11.9 Å². The zero-order valence-corrected chi connectivity index (χ0v) is 25.0. The first-order valence-electron chi connectivity index (χ1n) is 15.8. The molecule has 2 heterocycles. The third kappa shape index (κ3) is 8.13. The molecule has 2 aliphatic heterocycles. The molecule has 43 heavy (non-hydrogen) atoms. The number of piperidine rings is 1. The van der Waals surface area contributed by atoms with Crippen molar-refractivity contribution in [2.24, 2.45) is 5.92 Å². The van der Waals surface area contributed by atoms with Crippen molar-refractivity contribution >= 4 is 5.91 Å². The number of rotatable bonds is 11. The Balaban J connectivity index is 0.966. The smallest absolute Gasteiger partial charge is 0.251 e. The van der Waals surface area contributed by atoms with E-state index in [1.807, 2.05) is 24.3 Å². The lowest BCUT2D eigenvalue weighted by molar-refractivity contribution is 0.0936. The Morgan fingerprint density at radius 1 is 0.744 bits per heavy atom. The molecule has 5 heteroatoms. The fraction of sp³-hybridized carbons (Fsp3) is 0.342. The molecular formula is C38H43N3O2. The predicted octanol–water partition coefficient (Wildman–Crippen LogP) is 6.61. The summed E-state index contributed by atoms with van der Waals surface area (Å²) < 4.78 is 6.40. The highest BCUT2D eigenvalue weighted by molar-refractivity contribution is 5.94. The second-order valence-corrected chi connectivity index (χ2v) is 12.1. The van der Waals surface area contributed by atoms with Gasteiger partial charge in [-0.25, -0.2) is 0 Å². The van der Waals surface area contributed by atoms with Gasteiger partial charge in [0.15, 0.2) is 0 Å². The monoisotopic (exact) mass is 573 g/mol. The van der Waals surface area contributed by atoms with Crippen LogP contribution < -0.4 is 10.1 Å². The number of ether oxygens (including phenoxy) is 1. The highest BCUT2D eigenvalue weighted by atomic mass is 16.5. The lowest BCUT2D eigenvalue weighted by Crippen LogP contribution is -2.40. The number of carbonyl (C=O) groups excluding carboxylic acids is 1. The second-order valence-electron chi connectivity index (χ2n) is 12.1. The fourth-order valence-electron chi connectivity index (χ4n) is 6.55. The van der Waals surface area contributed by atoms with Gasteiger partial charge >= 0.3 is 0 Å². The topological polar surface area (TPSA) is 44.8 Å². The van der Waals surface area contributed by atoms with Gasteiger partial charge in [0.25, 0.3) is 5.91 Å². The highest BCUT2D eigenvalue weighted by Crippen LogP contribution is 2.28. The Labute approximate surface area is 256 Å². The van der Waals surface area contributed by atoms with Crippen molar-refractivity contribution in [3.63, 3.8) is 0 Å². The normalized spacial score (nSPS) is 18.1. The number of nitrogens with zero attached hydrogens (tertiary/aromatic N) is 2. The molecule has 1 N–H and O–H groups in total. The number of benzene rings is 4. The second kappa shape index (κ2) is 14.5. The van der Waals surface area contributed by atoms with Gasteiger partial charge in [-0.2, -0.15) is 0 Å². The maximum absolute atomic E-state index is 13.0. The molecule has 0 spiro atoms. The molecule has 0 bridgehead atoms. The van der Waals surface area contributed by atoms with Crippen molar-refractivity contribution in [1.82, 2.24) is 15.1 Å². The first-order valence-corrected chi connectivity index (χ1v) is 15.8. The lowest BCUT2D eigenvalue weighted by atomic mass is 9.90. The Kier molecular flexibility index (Phi) is 9.83. The molecule has 1 atom stereocenters. The zero-order valence-electron chi connectivity index (χ0n) is 25.0.